The van der Waals surface area contributed by atoms with Gasteiger partial charge in [0.25, 0.3) is 5.91 Å². The zero-order valence-corrected chi connectivity index (χ0v) is 17.7. The van der Waals surface area contributed by atoms with Gasteiger partial charge in [0.05, 0.1) is 17.7 Å². The molecule has 0 atom stereocenters. The highest BCUT2D eigenvalue weighted by molar-refractivity contribution is 9.10. The van der Waals surface area contributed by atoms with Crippen LogP contribution in [0.15, 0.2) is 82.5 Å². The van der Waals surface area contributed by atoms with E-state index in [0.29, 0.717) is 6.54 Å². The van der Waals surface area contributed by atoms with Crippen molar-refractivity contribution in [1.29, 1.82) is 0 Å². The van der Waals surface area contributed by atoms with E-state index in [9.17, 15) is 14.9 Å². The van der Waals surface area contributed by atoms with Crippen molar-refractivity contribution >= 4 is 44.5 Å². The van der Waals surface area contributed by atoms with Gasteiger partial charge in [-0.3, -0.25) is 19.6 Å². The lowest BCUT2D eigenvalue weighted by Gasteiger charge is -2.01. The van der Waals surface area contributed by atoms with E-state index in [-0.39, 0.29) is 11.4 Å². The van der Waals surface area contributed by atoms with E-state index in [1.54, 1.807) is 0 Å². The molecule has 0 saturated carbocycles. The van der Waals surface area contributed by atoms with Crippen molar-refractivity contribution in [2.24, 2.45) is 5.10 Å². The molecule has 1 aromatic heterocycles. The van der Waals surface area contributed by atoms with Crippen LogP contribution in [0.1, 0.15) is 21.6 Å². The van der Waals surface area contributed by atoms with E-state index in [4.69, 9.17) is 0 Å². The topological polar surface area (TPSA) is 102 Å². The smallest absolute Gasteiger partial charge is 0.265 e. The number of carbonyl (C=O) groups excluding carboxylic acids is 1. The lowest BCUT2D eigenvalue weighted by Crippen LogP contribution is -2.19. The van der Waals surface area contributed by atoms with Crippen LogP contribution in [0, 0.1) is 10.1 Å². The standard InChI is InChI=1S/C22H16BrN5O3/c23-19-9-6-15(7-10-19)13-27-14-20(28(30)31)21(26-27)22(29)25-24-12-16-5-8-17-3-1-2-4-18(17)11-16/h1-12,14H,13H2,(H,25,29). The van der Waals surface area contributed by atoms with Crippen molar-refractivity contribution in [1.82, 2.24) is 15.2 Å². The summed E-state index contributed by atoms with van der Waals surface area (Å²) in [7, 11) is 0. The molecule has 0 aliphatic rings. The molecular weight excluding hydrogens is 462 g/mol. The molecule has 0 spiro atoms. The van der Waals surface area contributed by atoms with E-state index in [1.165, 1.54) is 17.1 Å². The predicted octanol–water partition coefficient (Wildman–Crippen LogP) is 4.52. The van der Waals surface area contributed by atoms with Gasteiger partial charge in [-0.05, 0) is 40.1 Å². The number of hydrogen-bond donors (Lipinski definition) is 1. The minimum absolute atomic E-state index is 0.293. The van der Waals surface area contributed by atoms with Crippen LogP contribution in [0.4, 0.5) is 5.69 Å². The second kappa shape index (κ2) is 8.88. The molecule has 0 fully saturated rings. The highest BCUT2D eigenvalue weighted by Gasteiger charge is 2.25. The Balaban J connectivity index is 1.50. The summed E-state index contributed by atoms with van der Waals surface area (Å²) in [5.41, 5.74) is 3.32. The van der Waals surface area contributed by atoms with Gasteiger partial charge in [0, 0.05) is 4.47 Å². The number of nitrogens with zero attached hydrogens (tertiary/aromatic N) is 4. The SMILES string of the molecule is O=C(NN=Cc1ccc2ccccc2c1)c1nn(Cc2ccc(Br)cc2)cc1[N+](=O)[O-]. The summed E-state index contributed by atoms with van der Waals surface area (Å²) in [5, 5.41) is 21.5. The quantitative estimate of drug-likeness (QED) is 0.250. The van der Waals surface area contributed by atoms with Crippen LogP contribution in [-0.2, 0) is 6.54 Å². The Morgan fingerprint density at radius 1 is 1.13 bits per heavy atom. The molecule has 1 heterocycles. The number of hydrazone groups is 1. The fraction of sp³-hybridized carbons (Fsp3) is 0.0455. The fourth-order valence-electron chi connectivity index (χ4n) is 3.07. The van der Waals surface area contributed by atoms with Crippen molar-refractivity contribution in [2.75, 3.05) is 0 Å². The summed E-state index contributed by atoms with van der Waals surface area (Å²) in [6, 6.07) is 21.1. The number of rotatable bonds is 6. The lowest BCUT2D eigenvalue weighted by molar-refractivity contribution is -0.385. The van der Waals surface area contributed by atoms with Gasteiger partial charge in [0.1, 0.15) is 6.20 Å². The lowest BCUT2D eigenvalue weighted by atomic mass is 10.1. The third-order valence-corrected chi connectivity index (χ3v) is 5.09. The van der Waals surface area contributed by atoms with Crippen LogP contribution in [0.5, 0.6) is 0 Å². The summed E-state index contributed by atoms with van der Waals surface area (Å²) in [4.78, 5) is 23.2. The summed E-state index contributed by atoms with van der Waals surface area (Å²) >= 11 is 3.36. The molecule has 0 aliphatic heterocycles. The Morgan fingerprint density at radius 3 is 2.61 bits per heavy atom. The molecule has 8 nitrogen and oxygen atoms in total. The molecule has 1 N–H and O–H groups in total. The van der Waals surface area contributed by atoms with E-state index >= 15 is 0 Å². The summed E-state index contributed by atoms with van der Waals surface area (Å²) in [6.45, 7) is 0.293. The number of fused-ring (bicyclic) bond motifs is 1. The Bertz CT molecular complexity index is 1300. The predicted molar refractivity (Wildman–Crippen MR) is 121 cm³/mol. The van der Waals surface area contributed by atoms with Crippen LogP contribution < -0.4 is 5.43 Å². The van der Waals surface area contributed by atoms with Crippen molar-refractivity contribution in [2.45, 2.75) is 6.54 Å². The highest BCUT2D eigenvalue weighted by atomic mass is 79.9. The molecule has 9 heteroatoms. The Hall–Kier alpha value is -3.85. The first-order valence-electron chi connectivity index (χ1n) is 9.28. The minimum Gasteiger partial charge on any atom is -0.265 e. The van der Waals surface area contributed by atoms with Gasteiger partial charge in [-0.25, -0.2) is 5.43 Å². The number of hydrogen-bond acceptors (Lipinski definition) is 5. The summed E-state index contributed by atoms with van der Waals surface area (Å²) in [6.07, 6.45) is 2.72. The summed E-state index contributed by atoms with van der Waals surface area (Å²) in [5.74, 6) is -0.752. The largest absolute Gasteiger partial charge is 0.320 e. The van der Waals surface area contributed by atoms with Crippen molar-refractivity contribution in [3.63, 3.8) is 0 Å². The monoisotopic (exact) mass is 477 g/mol. The molecule has 154 valence electrons. The molecule has 31 heavy (non-hydrogen) atoms. The average Bonchev–Trinajstić information content (AvgIpc) is 3.19. The van der Waals surface area contributed by atoms with E-state index in [1.807, 2.05) is 66.7 Å². The van der Waals surface area contributed by atoms with Gasteiger partial charge in [-0.1, -0.05) is 64.5 Å². The zero-order valence-electron chi connectivity index (χ0n) is 16.1. The Kier molecular flexibility index (Phi) is 5.85. The van der Waals surface area contributed by atoms with Gasteiger partial charge in [-0.15, -0.1) is 0 Å². The molecule has 4 rings (SSSR count). The first kappa shape index (κ1) is 20.4. The summed E-state index contributed by atoms with van der Waals surface area (Å²) < 4.78 is 2.29. The van der Waals surface area contributed by atoms with Gasteiger partial charge >= 0.3 is 5.69 Å². The first-order chi connectivity index (χ1) is 15.0. The Morgan fingerprint density at radius 2 is 1.87 bits per heavy atom. The average molecular weight is 478 g/mol. The molecule has 1 amide bonds. The molecule has 4 aromatic rings. The van der Waals surface area contributed by atoms with E-state index in [0.717, 1.165) is 26.4 Å². The molecular formula is C22H16BrN5O3. The number of amides is 1. The van der Waals surface area contributed by atoms with Crippen LogP contribution in [0.2, 0.25) is 0 Å². The molecule has 0 saturated heterocycles. The molecule has 0 unspecified atom stereocenters. The van der Waals surface area contributed by atoms with Gasteiger partial charge in [-0.2, -0.15) is 10.2 Å². The van der Waals surface area contributed by atoms with Crippen LogP contribution in [0.3, 0.4) is 0 Å². The third kappa shape index (κ3) is 4.84. The highest BCUT2D eigenvalue weighted by Crippen LogP contribution is 2.19. The zero-order chi connectivity index (χ0) is 21.8. The fourth-order valence-corrected chi connectivity index (χ4v) is 3.33. The van der Waals surface area contributed by atoms with Crippen molar-refractivity contribution in [3.8, 4) is 0 Å². The number of carbonyl (C=O) groups is 1. The number of benzene rings is 3. The van der Waals surface area contributed by atoms with E-state index in [2.05, 4.69) is 31.6 Å². The third-order valence-electron chi connectivity index (χ3n) is 4.57. The second-order valence-electron chi connectivity index (χ2n) is 6.75. The number of halogens is 1. The van der Waals surface area contributed by atoms with Gasteiger partial charge in [0.15, 0.2) is 0 Å². The Labute approximate surface area is 185 Å². The van der Waals surface area contributed by atoms with Gasteiger partial charge in [0.2, 0.25) is 5.69 Å². The maximum Gasteiger partial charge on any atom is 0.320 e. The van der Waals surface area contributed by atoms with Crippen LogP contribution in [0.25, 0.3) is 10.8 Å². The van der Waals surface area contributed by atoms with Gasteiger partial charge < -0.3 is 0 Å². The molecule has 0 aliphatic carbocycles. The second-order valence-corrected chi connectivity index (χ2v) is 7.67. The van der Waals surface area contributed by atoms with Crippen LogP contribution in [-0.4, -0.2) is 26.8 Å². The first-order valence-corrected chi connectivity index (χ1v) is 10.1. The maximum absolute atomic E-state index is 12.5. The van der Waals surface area contributed by atoms with Crippen LogP contribution >= 0.6 is 15.9 Å². The number of nitro groups is 1. The van der Waals surface area contributed by atoms with E-state index < -0.39 is 10.8 Å². The molecule has 0 bridgehead atoms. The van der Waals surface area contributed by atoms with Crippen molar-refractivity contribution in [3.05, 3.63) is 104 Å². The number of nitrogens with one attached hydrogen (secondary N) is 1. The number of aromatic nitrogens is 2. The maximum atomic E-state index is 12.5. The minimum atomic E-state index is -0.752. The molecule has 0 radical (unpaired) electrons. The molecule has 3 aromatic carbocycles. The van der Waals surface area contributed by atoms with Crippen molar-refractivity contribution < 1.29 is 9.72 Å². The normalized spacial score (nSPS) is 11.1.